The van der Waals surface area contributed by atoms with Crippen molar-refractivity contribution in [3.05, 3.63) is 39.6 Å². The number of halogens is 1. The molecule has 2 heterocycles. The molecule has 102 valence electrons. The summed E-state index contributed by atoms with van der Waals surface area (Å²) in [6.07, 6.45) is 1.19. The summed E-state index contributed by atoms with van der Waals surface area (Å²) in [7, 11) is 0. The molecule has 2 rings (SSSR count). The fourth-order valence-electron chi connectivity index (χ4n) is 2.27. The van der Waals surface area contributed by atoms with Gasteiger partial charge >= 0.3 is 5.97 Å². The summed E-state index contributed by atoms with van der Waals surface area (Å²) < 4.78 is 7.82. The summed E-state index contributed by atoms with van der Waals surface area (Å²) in [5, 5.41) is 9.96. The van der Waals surface area contributed by atoms with Crippen molar-refractivity contribution in [3.63, 3.8) is 0 Å². The zero-order valence-corrected chi connectivity index (χ0v) is 12.7. The molecule has 5 heteroatoms. The maximum atomic E-state index is 12.0. The van der Waals surface area contributed by atoms with Crippen LogP contribution in [0.15, 0.2) is 22.8 Å². The predicted molar refractivity (Wildman–Crippen MR) is 76.4 cm³/mol. The number of pyridine rings is 1. The molecule has 0 aromatic carbocycles. The molecule has 19 heavy (non-hydrogen) atoms. The summed E-state index contributed by atoms with van der Waals surface area (Å²) in [4.78, 5) is 12.0. The third-order valence-corrected chi connectivity index (χ3v) is 3.76. The smallest absolute Gasteiger partial charge is 0.338 e. The number of carbonyl (C=O) groups is 1. The van der Waals surface area contributed by atoms with Gasteiger partial charge in [-0.3, -0.25) is 0 Å². The van der Waals surface area contributed by atoms with Gasteiger partial charge in [-0.25, -0.2) is 4.79 Å². The van der Waals surface area contributed by atoms with Crippen LogP contribution >= 0.6 is 15.9 Å². The monoisotopic (exact) mass is 325 g/mol. The first-order chi connectivity index (χ1) is 8.97. The van der Waals surface area contributed by atoms with Gasteiger partial charge in [-0.05, 0) is 54.4 Å². The molecule has 1 atom stereocenters. The van der Waals surface area contributed by atoms with Crippen molar-refractivity contribution in [1.29, 1.82) is 0 Å². The first-order valence-corrected chi connectivity index (χ1v) is 6.92. The second-order valence-electron chi connectivity index (χ2n) is 4.38. The lowest BCUT2D eigenvalue weighted by Crippen LogP contribution is -2.12. The maximum absolute atomic E-state index is 12.0. The second kappa shape index (κ2) is 5.35. The first-order valence-electron chi connectivity index (χ1n) is 6.12. The maximum Gasteiger partial charge on any atom is 0.338 e. The Morgan fingerprint density at radius 1 is 1.58 bits per heavy atom. The van der Waals surface area contributed by atoms with E-state index in [-0.39, 0.29) is 5.97 Å². The number of carbonyl (C=O) groups excluding carboxylic acids is 1. The van der Waals surface area contributed by atoms with Crippen molar-refractivity contribution in [2.75, 3.05) is 6.61 Å². The molecule has 1 N–H and O–H groups in total. The fraction of sp³-hybridized carbons (Fsp3) is 0.357. The summed E-state index contributed by atoms with van der Waals surface area (Å²) in [6, 6.07) is 3.67. The summed E-state index contributed by atoms with van der Waals surface area (Å²) >= 11 is 3.44. The fourth-order valence-corrected chi connectivity index (χ4v) is 2.69. The normalized spacial score (nSPS) is 12.7. The van der Waals surface area contributed by atoms with Crippen molar-refractivity contribution in [3.8, 4) is 0 Å². The molecule has 0 fully saturated rings. The lowest BCUT2D eigenvalue weighted by molar-refractivity contribution is 0.0525. The third-order valence-electron chi connectivity index (χ3n) is 3.09. The van der Waals surface area contributed by atoms with Gasteiger partial charge in [-0.1, -0.05) is 0 Å². The Labute approximate surface area is 120 Å². The highest BCUT2D eigenvalue weighted by atomic mass is 79.9. The number of nitrogens with zero attached hydrogens (tertiary/aromatic N) is 1. The van der Waals surface area contributed by atoms with E-state index in [0.29, 0.717) is 17.9 Å². The molecule has 0 saturated heterocycles. The summed E-state index contributed by atoms with van der Waals surface area (Å²) in [5.41, 5.74) is 2.77. The van der Waals surface area contributed by atoms with Crippen LogP contribution in [0.3, 0.4) is 0 Å². The van der Waals surface area contributed by atoms with Gasteiger partial charge in [-0.2, -0.15) is 0 Å². The molecule has 2 aromatic heterocycles. The molecular weight excluding hydrogens is 310 g/mol. The van der Waals surface area contributed by atoms with E-state index in [9.17, 15) is 9.90 Å². The molecule has 0 bridgehead atoms. The van der Waals surface area contributed by atoms with Gasteiger partial charge < -0.3 is 14.2 Å². The highest BCUT2D eigenvalue weighted by Gasteiger charge is 2.20. The van der Waals surface area contributed by atoms with Crippen LogP contribution in [-0.4, -0.2) is 22.1 Å². The number of aliphatic hydroxyl groups is 1. The predicted octanol–water partition coefficient (Wildman–Crippen LogP) is 3.24. The van der Waals surface area contributed by atoms with Gasteiger partial charge in [0.25, 0.3) is 0 Å². The van der Waals surface area contributed by atoms with E-state index in [0.717, 1.165) is 15.6 Å². The number of fused-ring (bicyclic) bond motifs is 1. The molecule has 0 amide bonds. The quantitative estimate of drug-likeness (QED) is 0.881. The highest BCUT2D eigenvalue weighted by Crippen LogP contribution is 2.29. The number of hydrogen-bond acceptors (Lipinski definition) is 3. The first kappa shape index (κ1) is 14.1. The molecule has 1 unspecified atom stereocenters. The number of aliphatic hydroxyl groups excluding tert-OH is 1. The number of aromatic nitrogens is 1. The Balaban J connectivity index is 2.75. The summed E-state index contributed by atoms with van der Waals surface area (Å²) in [5.74, 6) is -0.363. The lowest BCUT2D eigenvalue weighted by atomic mass is 10.0. The number of hydrogen-bond donors (Lipinski definition) is 1. The van der Waals surface area contributed by atoms with Crippen LogP contribution < -0.4 is 0 Å². The van der Waals surface area contributed by atoms with Crippen molar-refractivity contribution < 1.29 is 14.6 Å². The molecule has 0 radical (unpaired) electrons. The van der Waals surface area contributed by atoms with Gasteiger partial charge in [0.05, 0.1) is 29.5 Å². The minimum atomic E-state index is -0.670. The molecule has 0 saturated carbocycles. The zero-order valence-electron chi connectivity index (χ0n) is 11.1. The zero-order chi connectivity index (χ0) is 14.2. The Bertz CT molecular complexity index is 631. The van der Waals surface area contributed by atoms with Gasteiger partial charge in [-0.15, -0.1) is 0 Å². The van der Waals surface area contributed by atoms with E-state index in [1.54, 1.807) is 19.9 Å². The van der Waals surface area contributed by atoms with Crippen molar-refractivity contribution in [2.24, 2.45) is 0 Å². The van der Waals surface area contributed by atoms with Crippen LogP contribution in [0.2, 0.25) is 0 Å². The van der Waals surface area contributed by atoms with Crippen LogP contribution in [0.4, 0.5) is 0 Å². The van der Waals surface area contributed by atoms with E-state index in [1.165, 1.54) is 0 Å². The Morgan fingerprint density at radius 2 is 2.26 bits per heavy atom. The Kier molecular flexibility index (Phi) is 3.96. The number of esters is 1. The van der Waals surface area contributed by atoms with Gasteiger partial charge in [0.2, 0.25) is 0 Å². The van der Waals surface area contributed by atoms with Crippen LogP contribution in [0.25, 0.3) is 5.52 Å². The largest absolute Gasteiger partial charge is 0.462 e. The SMILES string of the molecule is CCOC(=O)c1cc2c(Br)ccn2c(C(C)O)c1C. The van der Waals surface area contributed by atoms with Crippen LogP contribution in [0.5, 0.6) is 0 Å². The molecule has 0 aliphatic carbocycles. The lowest BCUT2D eigenvalue weighted by Gasteiger charge is -2.16. The van der Waals surface area contributed by atoms with Gasteiger partial charge in [0.1, 0.15) is 0 Å². The van der Waals surface area contributed by atoms with E-state index in [1.807, 2.05) is 23.6 Å². The van der Waals surface area contributed by atoms with Crippen molar-refractivity contribution in [1.82, 2.24) is 4.40 Å². The van der Waals surface area contributed by atoms with Gasteiger partial charge in [0, 0.05) is 10.7 Å². The second-order valence-corrected chi connectivity index (χ2v) is 5.24. The third kappa shape index (κ3) is 2.40. The number of rotatable bonds is 3. The van der Waals surface area contributed by atoms with Crippen molar-refractivity contribution in [2.45, 2.75) is 26.9 Å². The molecule has 0 aliphatic heterocycles. The standard InChI is InChI=1S/C14H16BrNO3/c1-4-19-14(18)10-7-12-11(15)5-6-16(12)13(8(10)2)9(3)17/h5-7,9,17H,4H2,1-3H3. The molecule has 4 nitrogen and oxygen atoms in total. The van der Waals surface area contributed by atoms with Gasteiger partial charge in [0.15, 0.2) is 0 Å². The van der Waals surface area contributed by atoms with E-state index >= 15 is 0 Å². The highest BCUT2D eigenvalue weighted by molar-refractivity contribution is 9.10. The average Bonchev–Trinajstić information content (AvgIpc) is 2.69. The number of ether oxygens (including phenoxy) is 1. The molecular formula is C14H16BrNO3. The van der Waals surface area contributed by atoms with E-state index in [4.69, 9.17) is 4.74 Å². The van der Waals surface area contributed by atoms with Crippen molar-refractivity contribution >= 4 is 27.4 Å². The minimum Gasteiger partial charge on any atom is -0.462 e. The molecule has 2 aromatic rings. The minimum absolute atomic E-state index is 0.329. The Hall–Kier alpha value is -1.33. The summed E-state index contributed by atoms with van der Waals surface area (Å²) in [6.45, 7) is 5.61. The average molecular weight is 326 g/mol. The van der Waals surface area contributed by atoms with E-state index < -0.39 is 6.10 Å². The van der Waals surface area contributed by atoms with Crippen LogP contribution in [0, 0.1) is 6.92 Å². The Morgan fingerprint density at radius 3 is 2.84 bits per heavy atom. The topological polar surface area (TPSA) is 50.9 Å². The van der Waals surface area contributed by atoms with Crippen LogP contribution in [0.1, 0.15) is 41.6 Å². The molecule has 0 aliphatic rings. The van der Waals surface area contributed by atoms with E-state index in [2.05, 4.69) is 15.9 Å². The van der Waals surface area contributed by atoms with Crippen LogP contribution in [-0.2, 0) is 4.74 Å². The molecule has 0 spiro atoms.